The molecule has 0 fully saturated rings. The highest BCUT2D eigenvalue weighted by Crippen LogP contribution is 2.27. The first-order valence-electron chi connectivity index (χ1n) is 6.29. The Hall–Kier alpha value is 0.140. The van der Waals surface area contributed by atoms with Crippen LogP contribution in [0.4, 0.5) is 0 Å². The molecule has 0 aliphatic carbocycles. The van der Waals surface area contributed by atoms with Crippen LogP contribution in [0.3, 0.4) is 0 Å². The molecule has 0 aliphatic heterocycles. The smallest absolute Gasteiger partial charge is 0.0305 e. The van der Waals surface area contributed by atoms with Crippen LogP contribution in [-0.2, 0) is 0 Å². The minimum atomic E-state index is 0.383. The van der Waals surface area contributed by atoms with Gasteiger partial charge in [-0.2, -0.15) is 0 Å². The molecule has 0 heterocycles. The van der Waals surface area contributed by atoms with Gasteiger partial charge in [-0.1, -0.05) is 58.2 Å². The fourth-order valence-corrected chi connectivity index (χ4v) is 3.44. The summed E-state index contributed by atoms with van der Waals surface area (Å²) in [6.07, 6.45) is 3.67. The summed E-state index contributed by atoms with van der Waals surface area (Å²) < 4.78 is 2.28. The van der Waals surface area contributed by atoms with Gasteiger partial charge >= 0.3 is 0 Å². The highest BCUT2D eigenvalue weighted by atomic mass is 79.9. The zero-order chi connectivity index (χ0) is 12.8. The van der Waals surface area contributed by atoms with Crippen LogP contribution in [-0.4, -0.2) is 6.04 Å². The van der Waals surface area contributed by atoms with E-state index >= 15 is 0 Å². The van der Waals surface area contributed by atoms with Crippen LogP contribution in [0.5, 0.6) is 0 Å². The van der Waals surface area contributed by atoms with Crippen molar-refractivity contribution in [2.24, 2.45) is 0 Å². The first kappa shape index (κ1) is 15.2. The lowest BCUT2D eigenvalue weighted by atomic mass is 10.0. The lowest BCUT2D eigenvalue weighted by Gasteiger charge is -2.23. The molecule has 1 rings (SSSR count). The summed E-state index contributed by atoms with van der Waals surface area (Å²) in [5.41, 5.74) is 1.32. The molecule has 17 heavy (non-hydrogen) atoms. The summed E-state index contributed by atoms with van der Waals surface area (Å²) in [5.74, 6) is 0. The molecule has 0 spiro atoms. The molecule has 1 N–H and O–H groups in total. The van der Waals surface area contributed by atoms with E-state index in [4.69, 9.17) is 0 Å². The number of hydrogen-bond donors (Lipinski definition) is 1. The van der Waals surface area contributed by atoms with Crippen LogP contribution in [0.25, 0.3) is 0 Å². The number of halogens is 2. The summed E-state index contributed by atoms with van der Waals surface area (Å²) in [7, 11) is 0. The molecule has 0 saturated heterocycles. The minimum Gasteiger partial charge on any atom is -0.307 e. The molecule has 1 aromatic carbocycles. The summed E-state index contributed by atoms with van der Waals surface area (Å²) in [6.45, 7) is 6.72. The van der Waals surface area contributed by atoms with Gasteiger partial charge in [0, 0.05) is 21.0 Å². The van der Waals surface area contributed by atoms with Crippen LogP contribution < -0.4 is 5.32 Å². The van der Waals surface area contributed by atoms with E-state index < -0.39 is 0 Å². The van der Waals surface area contributed by atoms with E-state index in [0.29, 0.717) is 12.1 Å². The van der Waals surface area contributed by atoms with E-state index in [0.717, 1.165) is 4.47 Å². The highest BCUT2D eigenvalue weighted by Gasteiger charge is 2.13. The summed E-state index contributed by atoms with van der Waals surface area (Å²) >= 11 is 7.11. The fourth-order valence-electron chi connectivity index (χ4n) is 2.05. The zero-order valence-electron chi connectivity index (χ0n) is 10.8. The topological polar surface area (TPSA) is 12.0 Å². The van der Waals surface area contributed by atoms with Crippen molar-refractivity contribution in [3.05, 3.63) is 32.7 Å². The molecule has 0 aromatic heterocycles. The van der Waals surface area contributed by atoms with Crippen LogP contribution in [0.2, 0.25) is 0 Å². The highest BCUT2D eigenvalue weighted by molar-refractivity contribution is 9.11. The average Bonchev–Trinajstić information content (AvgIpc) is 2.28. The standard InChI is InChI=1S/C14H21Br2N/c1-4-6-12(5-2)17-10(3)13-8-7-11(15)9-14(13)16/h7-10,12,17H,4-6H2,1-3H3. The van der Waals surface area contributed by atoms with Gasteiger partial charge in [-0.05, 0) is 37.5 Å². The Bertz CT molecular complexity index is 352. The van der Waals surface area contributed by atoms with Crippen molar-refractivity contribution in [3.8, 4) is 0 Å². The van der Waals surface area contributed by atoms with Crippen molar-refractivity contribution < 1.29 is 0 Å². The molecule has 2 atom stereocenters. The maximum atomic E-state index is 3.70. The van der Waals surface area contributed by atoms with Crippen molar-refractivity contribution >= 4 is 31.9 Å². The van der Waals surface area contributed by atoms with Gasteiger partial charge in [0.25, 0.3) is 0 Å². The SMILES string of the molecule is CCCC(CC)NC(C)c1ccc(Br)cc1Br. The van der Waals surface area contributed by atoms with Crippen LogP contribution in [0.15, 0.2) is 27.1 Å². The van der Waals surface area contributed by atoms with Gasteiger partial charge in [-0.3, -0.25) is 0 Å². The molecule has 3 heteroatoms. The predicted molar refractivity (Wildman–Crippen MR) is 82.4 cm³/mol. The monoisotopic (exact) mass is 361 g/mol. The molecule has 1 nitrogen and oxygen atoms in total. The van der Waals surface area contributed by atoms with E-state index in [9.17, 15) is 0 Å². The van der Waals surface area contributed by atoms with Gasteiger partial charge in [-0.15, -0.1) is 0 Å². The molecule has 0 saturated carbocycles. The molecule has 96 valence electrons. The van der Waals surface area contributed by atoms with Gasteiger partial charge in [0.15, 0.2) is 0 Å². The van der Waals surface area contributed by atoms with E-state index in [-0.39, 0.29) is 0 Å². The Morgan fingerprint density at radius 3 is 2.47 bits per heavy atom. The van der Waals surface area contributed by atoms with Gasteiger partial charge in [0.05, 0.1) is 0 Å². The molecule has 0 radical (unpaired) electrons. The second kappa shape index (κ2) is 7.55. The van der Waals surface area contributed by atoms with Crippen molar-refractivity contribution in [1.29, 1.82) is 0 Å². The largest absolute Gasteiger partial charge is 0.307 e. The van der Waals surface area contributed by atoms with Crippen molar-refractivity contribution in [3.63, 3.8) is 0 Å². The third-order valence-electron chi connectivity index (χ3n) is 3.04. The van der Waals surface area contributed by atoms with Crippen molar-refractivity contribution in [1.82, 2.24) is 5.32 Å². The Morgan fingerprint density at radius 1 is 1.24 bits per heavy atom. The Kier molecular flexibility index (Phi) is 6.75. The van der Waals surface area contributed by atoms with Gasteiger partial charge in [-0.25, -0.2) is 0 Å². The first-order valence-corrected chi connectivity index (χ1v) is 7.88. The number of hydrogen-bond acceptors (Lipinski definition) is 1. The first-order chi connectivity index (χ1) is 8.08. The Morgan fingerprint density at radius 2 is 1.94 bits per heavy atom. The van der Waals surface area contributed by atoms with E-state index in [1.165, 1.54) is 29.3 Å². The van der Waals surface area contributed by atoms with Gasteiger partial charge in [0.1, 0.15) is 0 Å². The average molecular weight is 363 g/mol. The van der Waals surface area contributed by atoms with Crippen molar-refractivity contribution in [2.45, 2.75) is 52.1 Å². The second-order valence-electron chi connectivity index (χ2n) is 4.45. The number of nitrogens with one attached hydrogen (secondary N) is 1. The second-order valence-corrected chi connectivity index (χ2v) is 6.22. The molecule has 0 aliphatic rings. The van der Waals surface area contributed by atoms with Crippen LogP contribution >= 0.6 is 31.9 Å². The molecular formula is C14H21Br2N. The minimum absolute atomic E-state index is 0.383. The summed E-state index contributed by atoms with van der Waals surface area (Å²) in [5, 5.41) is 3.70. The lowest BCUT2D eigenvalue weighted by Crippen LogP contribution is -2.31. The van der Waals surface area contributed by atoms with E-state index in [2.05, 4.69) is 76.1 Å². The lowest BCUT2D eigenvalue weighted by molar-refractivity contribution is 0.416. The normalized spacial score (nSPS) is 14.6. The van der Waals surface area contributed by atoms with E-state index in [1.54, 1.807) is 0 Å². The van der Waals surface area contributed by atoms with Crippen LogP contribution in [0.1, 0.15) is 51.6 Å². The van der Waals surface area contributed by atoms with Gasteiger partial charge in [0.2, 0.25) is 0 Å². The maximum absolute atomic E-state index is 3.70. The quantitative estimate of drug-likeness (QED) is 0.710. The predicted octanol–water partition coefficient (Wildman–Crippen LogP) is 5.44. The van der Waals surface area contributed by atoms with E-state index in [1.807, 2.05) is 0 Å². The third-order valence-corrected chi connectivity index (χ3v) is 4.22. The molecular weight excluding hydrogens is 342 g/mol. The maximum Gasteiger partial charge on any atom is 0.0305 e. The van der Waals surface area contributed by atoms with Crippen LogP contribution in [0, 0.1) is 0 Å². The molecule has 1 aromatic rings. The molecule has 0 amide bonds. The molecule has 0 bridgehead atoms. The van der Waals surface area contributed by atoms with Crippen molar-refractivity contribution in [2.75, 3.05) is 0 Å². The molecule has 2 unspecified atom stereocenters. The third kappa shape index (κ3) is 4.72. The zero-order valence-corrected chi connectivity index (χ0v) is 13.9. The number of rotatable bonds is 6. The van der Waals surface area contributed by atoms with Gasteiger partial charge < -0.3 is 5.32 Å². The summed E-state index contributed by atoms with van der Waals surface area (Å²) in [6, 6.07) is 7.37. The number of benzene rings is 1. The Balaban J connectivity index is 2.71. The summed E-state index contributed by atoms with van der Waals surface area (Å²) in [4.78, 5) is 0. The fraction of sp³-hybridized carbons (Fsp3) is 0.571. The Labute approximate surface area is 122 Å².